The molecule has 0 aliphatic carbocycles. The smallest absolute Gasteiger partial charge is 0.446 e. The van der Waals surface area contributed by atoms with Crippen LogP contribution in [0.25, 0.3) is 0 Å². The summed E-state index contributed by atoms with van der Waals surface area (Å²) in [7, 11) is 0. The lowest BCUT2D eigenvalue weighted by Crippen LogP contribution is -2.39. The molecule has 1 aliphatic heterocycles. The fourth-order valence-electron chi connectivity index (χ4n) is 1.07. The van der Waals surface area contributed by atoms with Crippen LogP contribution in [0.5, 0.6) is 0 Å². The van der Waals surface area contributed by atoms with E-state index in [0.717, 1.165) is 13.1 Å². The zero-order valence-electron chi connectivity index (χ0n) is 9.03. The fraction of sp³-hybridized carbons (Fsp3) is 0.778. The SMILES string of the molecule is O=C([O-])CCN1CCOCC1.O=CC(F)(F)F. The number of aliphatic carboxylic acids is 1. The summed E-state index contributed by atoms with van der Waals surface area (Å²) < 4.78 is 36.4. The van der Waals surface area contributed by atoms with Gasteiger partial charge in [-0.25, -0.2) is 0 Å². The third kappa shape index (κ3) is 11.1. The summed E-state index contributed by atoms with van der Waals surface area (Å²) in [6.07, 6.45) is -5.58. The quantitative estimate of drug-likeness (QED) is 0.619. The minimum Gasteiger partial charge on any atom is -0.550 e. The van der Waals surface area contributed by atoms with E-state index in [9.17, 15) is 23.1 Å². The highest BCUT2D eigenvalue weighted by atomic mass is 19.4. The highest BCUT2D eigenvalue weighted by molar-refractivity contribution is 5.64. The number of carboxylic acid groups (broad SMARTS) is 1. The van der Waals surface area contributed by atoms with Gasteiger partial charge in [-0.1, -0.05) is 0 Å². The number of nitrogens with zero attached hydrogens (tertiary/aromatic N) is 1. The number of rotatable bonds is 3. The fourth-order valence-corrected chi connectivity index (χ4v) is 1.07. The molecule has 0 N–H and O–H groups in total. The van der Waals surface area contributed by atoms with E-state index < -0.39 is 18.4 Å². The van der Waals surface area contributed by atoms with Gasteiger partial charge in [0.1, 0.15) is 0 Å². The maximum Gasteiger partial charge on any atom is 0.446 e. The molecule has 0 aromatic carbocycles. The molecule has 1 rings (SSSR count). The van der Waals surface area contributed by atoms with E-state index in [1.165, 1.54) is 0 Å². The van der Waals surface area contributed by atoms with Gasteiger partial charge in [-0.05, 0) is 6.42 Å². The van der Waals surface area contributed by atoms with Crippen LogP contribution in [-0.4, -0.2) is 56.2 Å². The van der Waals surface area contributed by atoms with Gasteiger partial charge in [0.25, 0.3) is 0 Å². The molecule has 1 fully saturated rings. The summed E-state index contributed by atoms with van der Waals surface area (Å²) in [6.45, 7) is 3.70. The largest absolute Gasteiger partial charge is 0.550 e. The van der Waals surface area contributed by atoms with Crippen molar-refractivity contribution in [1.82, 2.24) is 4.90 Å². The van der Waals surface area contributed by atoms with Crippen LogP contribution in [-0.2, 0) is 14.3 Å². The first kappa shape index (κ1) is 15.9. The zero-order chi connectivity index (χ0) is 13.3. The molecule has 1 heterocycles. The highest BCUT2D eigenvalue weighted by Gasteiger charge is 2.24. The van der Waals surface area contributed by atoms with Gasteiger partial charge in [0.2, 0.25) is 6.29 Å². The van der Waals surface area contributed by atoms with Crippen LogP contribution in [0.3, 0.4) is 0 Å². The predicted octanol–water partition coefficient (Wildman–Crippen LogP) is -0.794. The number of halogens is 3. The number of ether oxygens (including phenoxy) is 1. The normalized spacial score (nSPS) is 16.9. The summed E-state index contributed by atoms with van der Waals surface area (Å²) in [5.41, 5.74) is 0. The van der Waals surface area contributed by atoms with Crippen molar-refractivity contribution in [1.29, 1.82) is 0 Å². The topological polar surface area (TPSA) is 69.7 Å². The van der Waals surface area contributed by atoms with Crippen LogP contribution < -0.4 is 5.11 Å². The molecule has 8 heteroatoms. The molecule has 0 atom stereocenters. The Kier molecular flexibility index (Phi) is 7.47. The number of aldehydes is 1. The summed E-state index contributed by atoms with van der Waals surface area (Å²) in [4.78, 5) is 20.8. The van der Waals surface area contributed by atoms with Crippen molar-refractivity contribution in [3.05, 3.63) is 0 Å². The Balaban J connectivity index is 0.000000366. The van der Waals surface area contributed by atoms with Crippen molar-refractivity contribution in [3.8, 4) is 0 Å². The second-order valence-electron chi connectivity index (χ2n) is 3.24. The van der Waals surface area contributed by atoms with Gasteiger partial charge in [-0.2, -0.15) is 13.2 Å². The molecule has 100 valence electrons. The van der Waals surface area contributed by atoms with E-state index in [0.29, 0.717) is 19.8 Å². The van der Waals surface area contributed by atoms with Gasteiger partial charge in [-0.3, -0.25) is 9.69 Å². The Bertz CT molecular complexity index is 239. The summed E-state index contributed by atoms with van der Waals surface area (Å²) >= 11 is 0. The molecule has 1 aliphatic rings. The summed E-state index contributed by atoms with van der Waals surface area (Å²) in [6, 6.07) is 0. The molecular weight excluding hydrogens is 243 g/mol. The third-order valence-electron chi connectivity index (χ3n) is 1.87. The van der Waals surface area contributed by atoms with Crippen LogP contribution in [0.1, 0.15) is 6.42 Å². The second-order valence-corrected chi connectivity index (χ2v) is 3.24. The Morgan fingerprint density at radius 1 is 1.35 bits per heavy atom. The van der Waals surface area contributed by atoms with Gasteiger partial charge in [0, 0.05) is 25.6 Å². The van der Waals surface area contributed by atoms with Crippen molar-refractivity contribution in [2.75, 3.05) is 32.8 Å². The van der Waals surface area contributed by atoms with Crippen LogP contribution in [0.2, 0.25) is 0 Å². The van der Waals surface area contributed by atoms with E-state index in [4.69, 9.17) is 9.53 Å². The number of carbonyl (C=O) groups excluding carboxylic acids is 2. The first-order chi connectivity index (χ1) is 7.85. The number of alkyl halides is 3. The molecule has 0 radical (unpaired) electrons. The van der Waals surface area contributed by atoms with E-state index >= 15 is 0 Å². The number of morpholine rings is 1. The lowest BCUT2D eigenvalue weighted by molar-refractivity contribution is -0.306. The molecule has 0 amide bonds. The Morgan fingerprint density at radius 3 is 2.18 bits per heavy atom. The average Bonchev–Trinajstić information content (AvgIpc) is 2.28. The van der Waals surface area contributed by atoms with Crippen molar-refractivity contribution in [3.63, 3.8) is 0 Å². The van der Waals surface area contributed by atoms with Crippen LogP contribution in [0.15, 0.2) is 0 Å². The molecule has 0 unspecified atom stereocenters. The maximum atomic E-state index is 10.4. The summed E-state index contributed by atoms with van der Waals surface area (Å²) in [5, 5.41) is 10.1. The molecule has 0 aromatic rings. The van der Waals surface area contributed by atoms with E-state index in [1.807, 2.05) is 0 Å². The third-order valence-corrected chi connectivity index (χ3v) is 1.87. The van der Waals surface area contributed by atoms with Gasteiger partial charge in [0.05, 0.1) is 13.2 Å². The van der Waals surface area contributed by atoms with Gasteiger partial charge < -0.3 is 14.6 Å². The van der Waals surface area contributed by atoms with Crippen molar-refractivity contribution in [2.45, 2.75) is 12.6 Å². The van der Waals surface area contributed by atoms with Gasteiger partial charge >= 0.3 is 6.18 Å². The zero-order valence-corrected chi connectivity index (χ0v) is 9.03. The van der Waals surface area contributed by atoms with Crippen molar-refractivity contribution >= 4 is 12.3 Å². The van der Waals surface area contributed by atoms with E-state index in [1.54, 1.807) is 0 Å². The van der Waals surface area contributed by atoms with Gasteiger partial charge in [-0.15, -0.1) is 0 Å². The molecule has 0 bridgehead atoms. The van der Waals surface area contributed by atoms with Crippen LogP contribution in [0, 0.1) is 0 Å². The van der Waals surface area contributed by atoms with E-state index in [2.05, 4.69) is 4.90 Å². The second kappa shape index (κ2) is 8.02. The number of carboxylic acids is 1. The minimum atomic E-state index is -4.64. The predicted molar refractivity (Wildman–Crippen MR) is 49.0 cm³/mol. The maximum absolute atomic E-state index is 10.4. The Labute approximate surface area is 96.1 Å². The number of carbonyl (C=O) groups is 2. The monoisotopic (exact) mass is 256 g/mol. The van der Waals surface area contributed by atoms with Gasteiger partial charge in [0.15, 0.2) is 0 Å². The number of hydrogen-bond acceptors (Lipinski definition) is 5. The Morgan fingerprint density at radius 2 is 1.82 bits per heavy atom. The van der Waals surface area contributed by atoms with Crippen molar-refractivity contribution < 1.29 is 32.6 Å². The van der Waals surface area contributed by atoms with E-state index in [-0.39, 0.29) is 6.42 Å². The molecule has 0 spiro atoms. The standard InChI is InChI=1S/C7H13NO3.C2HF3O/c9-7(10)1-2-8-3-5-11-6-4-8;3-2(4,5)1-6/h1-6H2,(H,9,10);1H/p-1. The first-order valence-electron chi connectivity index (χ1n) is 4.88. The average molecular weight is 256 g/mol. The van der Waals surface area contributed by atoms with Crippen LogP contribution in [0.4, 0.5) is 13.2 Å². The molecule has 0 saturated carbocycles. The van der Waals surface area contributed by atoms with Crippen LogP contribution >= 0.6 is 0 Å². The molecule has 0 aromatic heterocycles. The molecule has 5 nitrogen and oxygen atoms in total. The lowest BCUT2D eigenvalue weighted by atomic mass is 10.3. The highest BCUT2D eigenvalue weighted by Crippen LogP contribution is 2.08. The van der Waals surface area contributed by atoms with Crippen molar-refractivity contribution in [2.24, 2.45) is 0 Å². The number of hydrogen-bond donors (Lipinski definition) is 0. The molecule has 1 saturated heterocycles. The lowest BCUT2D eigenvalue weighted by Gasteiger charge is -2.26. The molecule has 17 heavy (non-hydrogen) atoms. The summed E-state index contributed by atoms with van der Waals surface area (Å²) in [5.74, 6) is -0.975. The molecular formula is C9H13F3NO4-. The minimum absolute atomic E-state index is 0.125. The Hall–Kier alpha value is -1.15. The first-order valence-corrected chi connectivity index (χ1v) is 4.88.